The van der Waals surface area contributed by atoms with Crippen molar-refractivity contribution >= 4 is 5.82 Å². The van der Waals surface area contributed by atoms with E-state index in [1.807, 2.05) is 6.20 Å². The zero-order chi connectivity index (χ0) is 15.5. The average Bonchev–Trinajstić information content (AvgIpc) is 3.44. The van der Waals surface area contributed by atoms with Crippen molar-refractivity contribution < 1.29 is 0 Å². The van der Waals surface area contributed by atoms with Gasteiger partial charge in [0.15, 0.2) is 0 Å². The van der Waals surface area contributed by atoms with Crippen LogP contribution in [-0.4, -0.2) is 46.6 Å². The molecule has 3 aliphatic rings. The maximum absolute atomic E-state index is 4.53. The second-order valence-electron chi connectivity index (χ2n) is 7.74. The normalized spacial score (nSPS) is 24.7. The third-order valence-corrected chi connectivity index (χ3v) is 5.96. The Balaban J connectivity index is 1.33. The first-order valence-corrected chi connectivity index (χ1v) is 9.67. The van der Waals surface area contributed by atoms with Crippen molar-refractivity contribution in [3.8, 4) is 0 Å². The molecule has 0 unspecified atom stereocenters. The summed E-state index contributed by atoms with van der Waals surface area (Å²) < 4.78 is 0. The van der Waals surface area contributed by atoms with E-state index in [0.717, 1.165) is 17.8 Å². The van der Waals surface area contributed by atoms with Crippen LogP contribution < -0.4 is 4.90 Å². The number of nitrogens with zero attached hydrogens (tertiary/aromatic N) is 4. The van der Waals surface area contributed by atoms with Gasteiger partial charge in [0.2, 0.25) is 0 Å². The Labute approximate surface area is 140 Å². The van der Waals surface area contributed by atoms with Gasteiger partial charge in [-0.25, -0.2) is 9.97 Å². The van der Waals surface area contributed by atoms with Crippen LogP contribution in [0.1, 0.15) is 57.8 Å². The highest BCUT2D eigenvalue weighted by Crippen LogP contribution is 2.35. The summed E-state index contributed by atoms with van der Waals surface area (Å²) in [4.78, 5) is 14.0. The highest BCUT2D eigenvalue weighted by atomic mass is 15.3. The standard InChI is InChI=1S/C19H30N4/c1-2-4-16(5-3-1)14-22-12-9-18(10-13-22)23(17-6-7-17)19-8-11-20-15-21-19/h8,11,15-18H,1-7,9-10,12-14H2. The Bertz CT molecular complexity index is 473. The second kappa shape index (κ2) is 7.16. The number of rotatable bonds is 5. The molecular formula is C19H30N4. The van der Waals surface area contributed by atoms with Gasteiger partial charge in [0, 0.05) is 37.9 Å². The van der Waals surface area contributed by atoms with Gasteiger partial charge in [0.1, 0.15) is 12.1 Å². The summed E-state index contributed by atoms with van der Waals surface area (Å²) in [5.74, 6) is 2.12. The minimum absolute atomic E-state index is 0.681. The van der Waals surface area contributed by atoms with Gasteiger partial charge in [0.05, 0.1) is 0 Å². The topological polar surface area (TPSA) is 32.3 Å². The molecule has 0 amide bonds. The molecular weight excluding hydrogens is 284 g/mol. The molecule has 0 atom stereocenters. The van der Waals surface area contributed by atoms with Gasteiger partial charge in [-0.2, -0.15) is 0 Å². The number of piperidine rings is 1. The van der Waals surface area contributed by atoms with Crippen LogP contribution in [0.5, 0.6) is 0 Å². The number of hydrogen-bond acceptors (Lipinski definition) is 4. The van der Waals surface area contributed by atoms with Gasteiger partial charge in [-0.15, -0.1) is 0 Å². The lowest BCUT2D eigenvalue weighted by Crippen LogP contribution is -2.47. The van der Waals surface area contributed by atoms with Gasteiger partial charge in [0.25, 0.3) is 0 Å². The maximum Gasteiger partial charge on any atom is 0.132 e. The van der Waals surface area contributed by atoms with Crippen LogP contribution in [0.3, 0.4) is 0 Å². The van der Waals surface area contributed by atoms with Crippen LogP contribution in [0.15, 0.2) is 18.6 Å². The van der Waals surface area contributed by atoms with Crippen LogP contribution in [0.2, 0.25) is 0 Å². The molecule has 126 valence electrons. The Hall–Kier alpha value is -1.16. The van der Waals surface area contributed by atoms with Crippen molar-refractivity contribution in [3.05, 3.63) is 18.6 Å². The van der Waals surface area contributed by atoms with E-state index in [0.29, 0.717) is 6.04 Å². The van der Waals surface area contributed by atoms with Crippen molar-refractivity contribution in [2.75, 3.05) is 24.5 Å². The second-order valence-corrected chi connectivity index (χ2v) is 7.74. The van der Waals surface area contributed by atoms with Gasteiger partial charge in [-0.3, -0.25) is 0 Å². The van der Waals surface area contributed by atoms with E-state index in [9.17, 15) is 0 Å². The average molecular weight is 314 g/mol. The first-order valence-electron chi connectivity index (χ1n) is 9.67. The van der Waals surface area contributed by atoms with Crippen molar-refractivity contribution in [2.45, 2.75) is 69.9 Å². The summed E-state index contributed by atoms with van der Waals surface area (Å²) in [5.41, 5.74) is 0. The smallest absolute Gasteiger partial charge is 0.132 e. The SMILES string of the molecule is c1cc(N(C2CC2)C2CCN(CC3CCCCC3)CC2)ncn1. The fraction of sp³-hybridized carbons (Fsp3) is 0.789. The van der Waals surface area contributed by atoms with E-state index >= 15 is 0 Å². The fourth-order valence-corrected chi connectivity index (χ4v) is 4.58. The molecule has 0 radical (unpaired) electrons. The summed E-state index contributed by atoms with van der Waals surface area (Å²) in [6, 6.07) is 3.51. The van der Waals surface area contributed by atoms with E-state index in [1.54, 1.807) is 6.33 Å². The van der Waals surface area contributed by atoms with Gasteiger partial charge >= 0.3 is 0 Å². The summed E-state index contributed by atoms with van der Waals surface area (Å²) in [6.45, 7) is 3.90. The van der Waals surface area contributed by atoms with Crippen molar-refractivity contribution in [3.63, 3.8) is 0 Å². The molecule has 0 N–H and O–H groups in total. The zero-order valence-corrected chi connectivity index (χ0v) is 14.2. The molecule has 23 heavy (non-hydrogen) atoms. The molecule has 1 aliphatic heterocycles. The molecule has 0 aromatic carbocycles. The molecule has 2 heterocycles. The fourth-order valence-electron chi connectivity index (χ4n) is 4.58. The zero-order valence-electron chi connectivity index (χ0n) is 14.2. The number of aromatic nitrogens is 2. The van der Waals surface area contributed by atoms with Crippen LogP contribution in [0.4, 0.5) is 5.82 Å². The molecule has 0 spiro atoms. The van der Waals surface area contributed by atoms with Gasteiger partial charge in [-0.05, 0) is 50.5 Å². The molecule has 2 aliphatic carbocycles. The third-order valence-electron chi connectivity index (χ3n) is 5.96. The lowest BCUT2D eigenvalue weighted by atomic mass is 9.88. The highest BCUT2D eigenvalue weighted by molar-refractivity contribution is 5.41. The molecule has 1 saturated heterocycles. The Morgan fingerprint density at radius 3 is 2.35 bits per heavy atom. The Kier molecular flexibility index (Phi) is 4.79. The van der Waals surface area contributed by atoms with Crippen molar-refractivity contribution in [1.29, 1.82) is 0 Å². The lowest BCUT2D eigenvalue weighted by Gasteiger charge is -2.40. The minimum atomic E-state index is 0.681. The Morgan fingerprint density at radius 2 is 1.70 bits per heavy atom. The monoisotopic (exact) mass is 314 g/mol. The summed E-state index contributed by atoms with van der Waals surface area (Å²) in [7, 11) is 0. The molecule has 1 aromatic rings. The molecule has 4 heteroatoms. The van der Waals surface area contributed by atoms with Crippen LogP contribution in [0, 0.1) is 5.92 Å². The molecule has 2 saturated carbocycles. The van der Waals surface area contributed by atoms with Crippen LogP contribution in [0.25, 0.3) is 0 Å². The third kappa shape index (κ3) is 3.85. The first kappa shape index (κ1) is 15.4. The van der Waals surface area contributed by atoms with E-state index in [4.69, 9.17) is 0 Å². The predicted molar refractivity (Wildman–Crippen MR) is 93.6 cm³/mol. The lowest BCUT2D eigenvalue weighted by molar-refractivity contribution is 0.161. The molecule has 0 bridgehead atoms. The van der Waals surface area contributed by atoms with Crippen LogP contribution >= 0.6 is 0 Å². The van der Waals surface area contributed by atoms with Crippen LogP contribution in [-0.2, 0) is 0 Å². The molecule has 4 rings (SSSR count). The first-order chi connectivity index (χ1) is 11.4. The highest BCUT2D eigenvalue weighted by Gasteiger charge is 2.36. The number of likely N-dealkylation sites (tertiary alicyclic amines) is 1. The summed E-state index contributed by atoms with van der Waals surface area (Å²) in [6.07, 6.45) is 16.2. The summed E-state index contributed by atoms with van der Waals surface area (Å²) in [5, 5.41) is 0. The maximum atomic E-state index is 4.53. The Morgan fingerprint density at radius 1 is 0.957 bits per heavy atom. The van der Waals surface area contributed by atoms with Crippen molar-refractivity contribution in [1.82, 2.24) is 14.9 Å². The van der Waals surface area contributed by atoms with E-state index < -0.39 is 0 Å². The predicted octanol–water partition coefficient (Wildman–Crippen LogP) is 3.49. The number of anilines is 1. The molecule has 3 fully saturated rings. The molecule has 1 aromatic heterocycles. The van der Waals surface area contributed by atoms with E-state index in [2.05, 4.69) is 25.8 Å². The molecule has 4 nitrogen and oxygen atoms in total. The van der Waals surface area contributed by atoms with Crippen molar-refractivity contribution in [2.24, 2.45) is 5.92 Å². The number of hydrogen-bond donors (Lipinski definition) is 0. The van der Waals surface area contributed by atoms with Gasteiger partial charge in [-0.1, -0.05) is 19.3 Å². The van der Waals surface area contributed by atoms with Gasteiger partial charge < -0.3 is 9.80 Å². The van der Waals surface area contributed by atoms with E-state index in [-0.39, 0.29) is 0 Å². The minimum Gasteiger partial charge on any atom is -0.350 e. The van der Waals surface area contributed by atoms with E-state index in [1.165, 1.54) is 77.4 Å². The summed E-state index contributed by atoms with van der Waals surface area (Å²) >= 11 is 0. The largest absolute Gasteiger partial charge is 0.350 e. The quantitative estimate of drug-likeness (QED) is 0.833.